The molecule has 1 heterocycles. The highest BCUT2D eigenvalue weighted by atomic mass is 19.3. The second-order valence-corrected chi connectivity index (χ2v) is 3.03. The summed E-state index contributed by atoms with van der Waals surface area (Å²) in [7, 11) is 0. The molecule has 4 nitrogen and oxygen atoms in total. The highest BCUT2D eigenvalue weighted by Gasteiger charge is 2.06. The summed E-state index contributed by atoms with van der Waals surface area (Å²) in [6.07, 6.45) is -0.791. The van der Waals surface area contributed by atoms with Gasteiger partial charge in [-0.3, -0.25) is 0 Å². The van der Waals surface area contributed by atoms with Crippen molar-refractivity contribution in [1.29, 1.82) is 0 Å². The van der Waals surface area contributed by atoms with Crippen molar-refractivity contribution < 1.29 is 8.78 Å². The first-order chi connectivity index (χ1) is 7.13. The van der Waals surface area contributed by atoms with Gasteiger partial charge in [-0.15, -0.1) is 0 Å². The molecule has 1 rings (SSSR count). The lowest BCUT2D eigenvalue weighted by atomic mass is 10.3. The zero-order valence-electron chi connectivity index (χ0n) is 8.72. The van der Waals surface area contributed by atoms with Gasteiger partial charge in [0.25, 0.3) is 6.43 Å². The normalized spacial score (nSPS) is 10.5. The van der Waals surface area contributed by atoms with E-state index in [1.807, 2.05) is 6.92 Å². The molecule has 0 aliphatic heterocycles. The van der Waals surface area contributed by atoms with Crippen LogP contribution in [0, 0.1) is 6.92 Å². The lowest BCUT2D eigenvalue weighted by molar-refractivity contribution is 0.163. The third-order valence-corrected chi connectivity index (χ3v) is 1.73. The molecule has 0 aliphatic rings. The Hall–Kier alpha value is -1.46. The molecule has 2 N–H and O–H groups in total. The smallest absolute Gasteiger partial charge is 0.255 e. The molecule has 1 aromatic rings. The third-order valence-electron chi connectivity index (χ3n) is 1.73. The lowest BCUT2D eigenvalue weighted by Crippen LogP contribution is -2.13. The van der Waals surface area contributed by atoms with Crippen molar-refractivity contribution in [2.75, 3.05) is 23.7 Å². The number of rotatable bonds is 5. The molecule has 84 valence electrons. The van der Waals surface area contributed by atoms with Crippen molar-refractivity contribution in [3.05, 3.63) is 11.8 Å². The van der Waals surface area contributed by atoms with Crippen LogP contribution < -0.4 is 10.6 Å². The van der Waals surface area contributed by atoms with Gasteiger partial charge in [0.05, 0.1) is 6.54 Å². The number of nitrogens with zero attached hydrogens (tertiary/aromatic N) is 2. The van der Waals surface area contributed by atoms with E-state index in [9.17, 15) is 8.78 Å². The first kappa shape index (κ1) is 11.6. The topological polar surface area (TPSA) is 49.8 Å². The third kappa shape index (κ3) is 3.65. The molecule has 0 saturated carbocycles. The Kier molecular flexibility index (Phi) is 4.20. The SMILES string of the molecule is CCNc1ncc(C)c(NCC(F)F)n1. The second-order valence-electron chi connectivity index (χ2n) is 3.03. The van der Waals surface area contributed by atoms with E-state index in [4.69, 9.17) is 0 Å². The monoisotopic (exact) mass is 216 g/mol. The summed E-state index contributed by atoms with van der Waals surface area (Å²) in [5.41, 5.74) is 0.748. The summed E-state index contributed by atoms with van der Waals surface area (Å²) in [5, 5.41) is 5.48. The Morgan fingerprint density at radius 2 is 2.13 bits per heavy atom. The van der Waals surface area contributed by atoms with Crippen molar-refractivity contribution in [3.63, 3.8) is 0 Å². The van der Waals surface area contributed by atoms with E-state index in [1.165, 1.54) is 0 Å². The lowest BCUT2D eigenvalue weighted by Gasteiger charge is -2.09. The van der Waals surface area contributed by atoms with Crippen LogP contribution in [0.5, 0.6) is 0 Å². The maximum absolute atomic E-state index is 12.0. The molecule has 0 fully saturated rings. The van der Waals surface area contributed by atoms with Crippen LogP contribution in [0.1, 0.15) is 12.5 Å². The number of hydrogen-bond acceptors (Lipinski definition) is 4. The molecule has 0 saturated heterocycles. The van der Waals surface area contributed by atoms with E-state index in [0.29, 0.717) is 18.3 Å². The summed E-state index contributed by atoms with van der Waals surface area (Å²) in [5.74, 6) is 0.890. The van der Waals surface area contributed by atoms with Crippen LogP contribution in [0.25, 0.3) is 0 Å². The van der Waals surface area contributed by atoms with E-state index in [-0.39, 0.29) is 0 Å². The quantitative estimate of drug-likeness (QED) is 0.789. The van der Waals surface area contributed by atoms with Crippen molar-refractivity contribution >= 4 is 11.8 Å². The Labute approximate surface area is 87.1 Å². The fraction of sp³-hybridized carbons (Fsp3) is 0.556. The average molecular weight is 216 g/mol. The van der Waals surface area contributed by atoms with Gasteiger partial charge in [0.15, 0.2) is 0 Å². The number of aromatic nitrogens is 2. The van der Waals surface area contributed by atoms with Gasteiger partial charge >= 0.3 is 0 Å². The van der Waals surface area contributed by atoms with Crippen LogP contribution in [0.4, 0.5) is 20.5 Å². The molecule has 0 spiro atoms. The van der Waals surface area contributed by atoms with Gasteiger partial charge in [0.1, 0.15) is 5.82 Å². The van der Waals surface area contributed by atoms with E-state index in [1.54, 1.807) is 13.1 Å². The summed E-state index contributed by atoms with van der Waals surface area (Å²) in [4.78, 5) is 8.07. The molecule has 0 aromatic carbocycles. The number of aryl methyl sites for hydroxylation is 1. The maximum Gasteiger partial charge on any atom is 0.255 e. The maximum atomic E-state index is 12.0. The van der Waals surface area contributed by atoms with Crippen LogP contribution in [0.3, 0.4) is 0 Å². The summed E-state index contributed by atoms with van der Waals surface area (Å²) < 4.78 is 24.0. The largest absolute Gasteiger partial charge is 0.364 e. The van der Waals surface area contributed by atoms with Crippen LogP contribution in [-0.4, -0.2) is 29.5 Å². The number of anilines is 2. The summed E-state index contributed by atoms with van der Waals surface area (Å²) in [6, 6.07) is 0. The molecule has 0 radical (unpaired) electrons. The van der Waals surface area contributed by atoms with Gasteiger partial charge < -0.3 is 10.6 Å². The zero-order chi connectivity index (χ0) is 11.3. The second kappa shape index (κ2) is 5.43. The predicted molar refractivity (Wildman–Crippen MR) is 55.4 cm³/mol. The van der Waals surface area contributed by atoms with Gasteiger partial charge in [-0.1, -0.05) is 0 Å². The molecule has 1 aromatic heterocycles. The van der Waals surface area contributed by atoms with Crippen LogP contribution in [-0.2, 0) is 0 Å². The molecular formula is C9H14F2N4. The van der Waals surface area contributed by atoms with E-state index in [0.717, 1.165) is 5.56 Å². The first-order valence-electron chi connectivity index (χ1n) is 4.73. The Bertz CT molecular complexity index is 317. The van der Waals surface area contributed by atoms with Crippen molar-refractivity contribution in [2.45, 2.75) is 20.3 Å². The van der Waals surface area contributed by atoms with Gasteiger partial charge in [-0.25, -0.2) is 13.8 Å². The number of alkyl halides is 2. The number of halogens is 2. The average Bonchev–Trinajstić information content (AvgIpc) is 2.19. The van der Waals surface area contributed by atoms with E-state index in [2.05, 4.69) is 20.6 Å². The van der Waals surface area contributed by atoms with E-state index >= 15 is 0 Å². The minimum Gasteiger partial charge on any atom is -0.364 e. The highest BCUT2D eigenvalue weighted by molar-refractivity contribution is 5.46. The Morgan fingerprint density at radius 1 is 1.40 bits per heavy atom. The van der Waals surface area contributed by atoms with Gasteiger partial charge in [-0.2, -0.15) is 4.98 Å². The standard InChI is InChI=1S/C9H14F2N4/c1-3-12-9-14-4-6(2)8(15-9)13-5-7(10)11/h4,7H,3,5H2,1-2H3,(H2,12,13,14,15). The van der Waals surface area contributed by atoms with Crippen molar-refractivity contribution in [2.24, 2.45) is 0 Å². The van der Waals surface area contributed by atoms with Crippen LogP contribution in [0.2, 0.25) is 0 Å². The van der Waals surface area contributed by atoms with Crippen molar-refractivity contribution in [1.82, 2.24) is 9.97 Å². The first-order valence-corrected chi connectivity index (χ1v) is 4.73. The van der Waals surface area contributed by atoms with Crippen LogP contribution in [0.15, 0.2) is 6.20 Å². The van der Waals surface area contributed by atoms with Gasteiger partial charge in [0.2, 0.25) is 5.95 Å². The predicted octanol–water partition coefficient (Wildman–Crippen LogP) is 1.89. The van der Waals surface area contributed by atoms with Crippen LogP contribution >= 0.6 is 0 Å². The number of hydrogen-bond donors (Lipinski definition) is 2. The minimum absolute atomic E-state index is 0.399. The zero-order valence-corrected chi connectivity index (χ0v) is 8.72. The fourth-order valence-corrected chi connectivity index (χ4v) is 1.04. The molecular weight excluding hydrogens is 202 g/mol. The fourth-order valence-electron chi connectivity index (χ4n) is 1.04. The molecule has 15 heavy (non-hydrogen) atoms. The van der Waals surface area contributed by atoms with Gasteiger partial charge in [0, 0.05) is 18.3 Å². The molecule has 0 bridgehead atoms. The molecule has 0 atom stereocenters. The molecule has 0 amide bonds. The summed E-state index contributed by atoms with van der Waals surface area (Å²) >= 11 is 0. The Morgan fingerprint density at radius 3 is 2.73 bits per heavy atom. The van der Waals surface area contributed by atoms with Gasteiger partial charge in [-0.05, 0) is 13.8 Å². The Balaban J connectivity index is 2.71. The minimum atomic E-state index is -2.39. The summed E-state index contributed by atoms with van der Waals surface area (Å²) in [6.45, 7) is 3.97. The molecule has 0 aliphatic carbocycles. The molecule has 0 unspecified atom stereocenters. The van der Waals surface area contributed by atoms with E-state index < -0.39 is 13.0 Å². The van der Waals surface area contributed by atoms with Crippen molar-refractivity contribution in [3.8, 4) is 0 Å². The highest BCUT2D eigenvalue weighted by Crippen LogP contribution is 2.12. The molecule has 6 heteroatoms. The number of nitrogens with one attached hydrogen (secondary N) is 2.